The van der Waals surface area contributed by atoms with E-state index in [-0.39, 0.29) is 24.5 Å². The van der Waals surface area contributed by atoms with Crippen LogP contribution in [0.3, 0.4) is 0 Å². The molecule has 0 bridgehead atoms. The van der Waals surface area contributed by atoms with Crippen LogP contribution in [0.1, 0.15) is 25.7 Å². The van der Waals surface area contributed by atoms with Crippen molar-refractivity contribution in [3.63, 3.8) is 0 Å². The molecular formula is C10H16N2O4. The van der Waals surface area contributed by atoms with Crippen LogP contribution in [0.15, 0.2) is 5.10 Å². The van der Waals surface area contributed by atoms with Gasteiger partial charge < -0.3 is 9.84 Å². The molecule has 1 rings (SSSR count). The summed E-state index contributed by atoms with van der Waals surface area (Å²) in [5, 5.41) is 13.8. The minimum Gasteiger partial charge on any atom is -0.477 e. The summed E-state index contributed by atoms with van der Waals surface area (Å²) in [6, 6.07) is 0. The summed E-state index contributed by atoms with van der Waals surface area (Å²) in [5.74, 6) is -1.16. The third kappa shape index (κ3) is 3.62. The summed E-state index contributed by atoms with van der Waals surface area (Å²) in [5.41, 5.74) is 0.0614. The van der Waals surface area contributed by atoms with Crippen LogP contribution >= 0.6 is 0 Å². The number of ether oxygens (including phenoxy) is 1. The molecule has 1 amide bonds. The Bertz CT molecular complexity index is 301. The lowest BCUT2D eigenvalue weighted by Crippen LogP contribution is -2.34. The molecule has 0 fully saturated rings. The first-order chi connectivity index (χ1) is 7.65. The van der Waals surface area contributed by atoms with Crippen LogP contribution in [0.5, 0.6) is 0 Å². The number of rotatable bonds is 6. The maximum Gasteiger partial charge on any atom is 0.352 e. The van der Waals surface area contributed by atoms with Gasteiger partial charge in [0.15, 0.2) is 0 Å². The highest BCUT2D eigenvalue weighted by atomic mass is 16.5. The maximum atomic E-state index is 11.4. The topological polar surface area (TPSA) is 79.2 Å². The average molecular weight is 228 g/mol. The molecule has 1 heterocycles. The Morgan fingerprint density at radius 2 is 2.25 bits per heavy atom. The van der Waals surface area contributed by atoms with Gasteiger partial charge in [-0.1, -0.05) is 0 Å². The molecule has 16 heavy (non-hydrogen) atoms. The fourth-order valence-corrected chi connectivity index (χ4v) is 1.44. The number of carboxylic acids is 1. The van der Waals surface area contributed by atoms with Crippen molar-refractivity contribution in [3.8, 4) is 0 Å². The van der Waals surface area contributed by atoms with Crippen molar-refractivity contribution in [2.24, 2.45) is 5.10 Å². The second-order valence-corrected chi connectivity index (χ2v) is 3.57. The summed E-state index contributed by atoms with van der Waals surface area (Å²) in [4.78, 5) is 22.1. The van der Waals surface area contributed by atoms with Gasteiger partial charge in [-0.15, -0.1) is 0 Å². The SMILES string of the molecule is COCCCCN1N=C(C(=O)O)CCC1=O. The molecule has 0 unspecified atom stereocenters. The average Bonchev–Trinajstić information content (AvgIpc) is 2.26. The number of nitrogens with zero attached hydrogens (tertiary/aromatic N) is 2. The van der Waals surface area contributed by atoms with E-state index in [1.165, 1.54) is 5.01 Å². The molecule has 0 aromatic rings. The molecule has 1 N–H and O–H groups in total. The fraction of sp³-hybridized carbons (Fsp3) is 0.700. The lowest BCUT2D eigenvalue weighted by molar-refractivity contribution is -0.133. The first-order valence-electron chi connectivity index (χ1n) is 5.25. The summed E-state index contributed by atoms with van der Waals surface area (Å²) in [6.07, 6.45) is 2.05. The van der Waals surface area contributed by atoms with Crippen molar-refractivity contribution in [3.05, 3.63) is 0 Å². The molecule has 6 heteroatoms. The lowest BCUT2D eigenvalue weighted by atomic mass is 10.1. The lowest BCUT2D eigenvalue weighted by Gasteiger charge is -2.21. The highest BCUT2D eigenvalue weighted by molar-refractivity contribution is 6.36. The number of hydrogen-bond donors (Lipinski definition) is 1. The van der Waals surface area contributed by atoms with Crippen molar-refractivity contribution in [2.75, 3.05) is 20.3 Å². The zero-order valence-corrected chi connectivity index (χ0v) is 9.31. The second-order valence-electron chi connectivity index (χ2n) is 3.57. The van der Waals surface area contributed by atoms with Gasteiger partial charge in [-0.2, -0.15) is 5.10 Å². The number of carbonyl (C=O) groups excluding carboxylic acids is 1. The number of hydrogen-bond acceptors (Lipinski definition) is 4. The van der Waals surface area contributed by atoms with Gasteiger partial charge in [0.2, 0.25) is 5.91 Å². The zero-order valence-electron chi connectivity index (χ0n) is 9.31. The summed E-state index contributed by atoms with van der Waals surface area (Å²) < 4.78 is 4.88. The molecule has 0 aliphatic carbocycles. The van der Waals surface area contributed by atoms with Gasteiger partial charge in [0, 0.05) is 33.1 Å². The minimum absolute atomic E-state index is 0.0614. The Morgan fingerprint density at radius 3 is 2.88 bits per heavy atom. The number of methoxy groups -OCH3 is 1. The van der Waals surface area contributed by atoms with Crippen molar-refractivity contribution >= 4 is 17.6 Å². The van der Waals surface area contributed by atoms with Gasteiger partial charge in [0.25, 0.3) is 0 Å². The van der Waals surface area contributed by atoms with Crippen molar-refractivity contribution in [1.82, 2.24) is 5.01 Å². The van der Waals surface area contributed by atoms with E-state index in [2.05, 4.69) is 5.10 Å². The highest BCUT2D eigenvalue weighted by Gasteiger charge is 2.23. The molecule has 90 valence electrons. The largest absolute Gasteiger partial charge is 0.477 e. The number of amides is 1. The van der Waals surface area contributed by atoms with Crippen LogP contribution in [0.25, 0.3) is 0 Å². The van der Waals surface area contributed by atoms with Crippen molar-refractivity contribution in [2.45, 2.75) is 25.7 Å². The second kappa shape index (κ2) is 6.22. The monoisotopic (exact) mass is 228 g/mol. The summed E-state index contributed by atoms with van der Waals surface area (Å²) in [6.45, 7) is 1.09. The first-order valence-corrected chi connectivity index (χ1v) is 5.25. The van der Waals surface area contributed by atoms with E-state index in [0.717, 1.165) is 12.8 Å². The molecule has 1 aliphatic heterocycles. The highest BCUT2D eigenvalue weighted by Crippen LogP contribution is 2.10. The Labute approximate surface area is 93.9 Å². The number of aliphatic carboxylic acids is 1. The predicted octanol–water partition coefficient (Wildman–Crippen LogP) is 0.476. The van der Waals surface area contributed by atoms with Crippen LogP contribution in [-0.4, -0.2) is 48.0 Å². The van der Waals surface area contributed by atoms with Gasteiger partial charge in [-0.25, -0.2) is 9.80 Å². The van der Waals surface area contributed by atoms with Crippen LogP contribution in [0.2, 0.25) is 0 Å². The molecule has 0 atom stereocenters. The molecule has 0 saturated heterocycles. The summed E-state index contributed by atoms with van der Waals surface area (Å²) in [7, 11) is 1.62. The van der Waals surface area contributed by atoms with E-state index >= 15 is 0 Å². The van der Waals surface area contributed by atoms with Crippen LogP contribution in [-0.2, 0) is 14.3 Å². The van der Waals surface area contributed by atoms with Crippen molar-refractivity contribution < 1.29 is 19.4 Å². The standard InChI is InChI=1S/C10H16N2O4/c1-16-7-3-2-6-12-9(13)5-4-8(11-12)10(14)15/h2-7H2,1H3,(H,14,15). The number of carboxylic acid groups (broad SMARTS) is 1. The normalized spacial score (nSPS) is 16.2. The van der Waals surface area contributed by atoms with Gasteiger partial charge in [-0.3, -0.25) is 4.79 Å². The predicted molar refractivity (Wildman–Crippen MR) is 57.1 cm³/mol. The third-order valence-electron chi connectivity index (χ3n) is 2.32. The molecule has 0 aromatic heterocycles. The van der Waals surface area contributed by atoms with Gasteiger partial charge in [0.05, 0.1) is 0 Å². The zero-order chi connectivity index (χ0) is 12.0. The Hall–Kier alpha value is -1.43. The third-order valence-corrected chi connectivity index (χ3v) is 2.32. The van der Waals surface area contributed by atoms with Crippen molar-refractivity contribution in [1.29, 1.82) is 0 Å². The maximum absolute atomic E-state index is 11.4. The van der Waals surface area contributed by atoms with Crippen LogP contribution < -0.4 is 0 Å². The van der Waals surface area contributed by atoms with Crippen LogP contribution in [0, 0.1) is 0 Å². The minimum atomic E-state index is -1.05. The van der Waals surface area contributed by atoms with Gasteiger partial charge in [-0.05, 0) is 12.8 Å². The summed E-state index contributed by atoms with van der Waals surface area (Å²) >= 11 is 0. The van der Waals surface area contributed by atoms with E-state index in [1.54, 1.807) is 7.11 Å². The molecule has 0 aromatic carbocycles. The molecule has 1 aliphatic rings. The van der Waals surface area contributed by atoms with E-state index < -0.39 is 5.97 Å². The molecular weight excluding hydrogens is 212 g/mol. The Balaban J connectivity index is 2.46. The molecule has 0 spiro atoms. The first kappa shape index (κ1) is 12.6. The van der Waals surface area contributed by atoms with E-state index in [0.29, 0.717) is 13.2 Å². The van der Waals surface area contributed by atoms with Crippen LogP contribution in [0.4, 0.5) is 0 Å². The fourth-order valence-electron chi connectivity index (χ4n) is 1.44. The van der Waals surface area contributed by atoms with Gasteiger partial charge >= 0.3 is 5.97 Å². The molecule has 6 nitrogen and oxygen atoms in total. The number of hydrazone groups is 1. The quantitative estimate of drug-likeness (QED) is 0.670. The van der Waals surface area contributed by atoms with E-state index in [4.69, 9.17) is 9.84 Å². The number of carbonyl (C=O) groups is 2. The van der Waals surface area contributed by atoms with Gasteiger partial charge in [0.1, 0.15) is 5.71 Å². The Morgan fingerprint density at radius 1 is 1.50 bits per heavy atom. The Kier molecular flexibility index (Phi) is 4.91. The number of unbranched alkanes of at least 4 members (excludes halogenated alkanes) is 1. The van der Waals surface area contributed by atoms with E-state index in [9.17, 15) is 9.59 Å². The molecule has 0 radical (unpaired) electrons. The van der Waals surface area contributed by atoms with E-state index in [1.807, 2.05) is 0 Å². The smallest absolute Gasteiger partial charge is 0.352 e. The molecule has 0 saturated carbocycles.